The van der Waals surface area contributed by atoms with Gasteiger partial charge in [0.25, 0.3) is 0 Å². The highest BCUT2D eigenvalue weighted by molar-refractivity contribution is 7.89. The Bertz CT molecular complexity index is 877. The third-order valence-electron chi connectivity index (χ3n) is 4.35. The molecule has 2 aromatic carbocycles. The van der Waals surface area contributed by atoms with Crippen molar-refractivity contribution in [2.45, 2.75) is 31.3 Å². The Labute approximate surface area is 162 Å². The second-order valence-electron chi connectivity index (χ2n) is 6.28. The van der Waals surface area contributed by atoms with Gasteiger partial charge in [-0.1, -0.05) is 43.3 Å². The molecule has 0 aliphatic carbocycles. The Morgan fingerprint density at radius 2 is 1.74 bits per heavy atom. The summed E-state index contributed by atoms with van der Waals surface area (Å²) in [4.78, 5) is 6.61. The molecule has 0 saturated carbocycles. The molecule has 27 heavy (non-hydrogen) atoms. The molecule has 0 aliphatic rings. The Kier molecular flexibility index (Phi) is 7.38. The molecule has 0 saturated heterocycles. The summed E-state index contributed by atoms with van der Waals surface area (Å²) in [5.41, 5.74) is 3.40. The molecule has 0 unspecified atom stereocenters. The lowest BCUT2D eigenvalue weighted by Crippen LogP contribution is -2.38. The molecule has 0 heterocycles. The highest BCUT2D eigenvalue weighted by atomic mass is 32.2. The van der Waals surface area contributed by atoms with Crippen LogP contribution in [-0.2, 0) is 29.5 Å². The number of rotatable bonds is 7. The first-order valence-electron chi connectivity index (χ1n) is 8.91. The van der Waals surface area contributed by atoms with E-state index in [2.05, 4.69) is 46.2 Å². The number of benzene rings is 2. The van der Waals surface area contributed by atoms with Crippen LogP contribution in [0.25, 0.3) is 0 Å². The maximum absolute atomic E-state index is 11.9. The van der Waals surface area contributed by atoms with Crippen molar-refractivity contribution in [2.75, 3.05) is 21.1 Å². The largest absolute Gasteiger partial charge is 0.352 e. The van der Waals surface area contributed by atoms with Crippen LogP contribution in [-0.4, -0.2) is 40.4 Å². The second kappa shape index (κ2) is 9.53. The van der Waals surface area contributed by atoms with Gasteiger partial charge in [0.05, 0.1) is 4.90 Å². The van der Waals surface area contributed by atoms with Crippen LogP contribution in [0, 0.1) is 0 Å². The van der Waals surface area contributed by atoms with Crippen LogP contribution >= 0.6 is 0 Å². The standard InChI is InChI=1S/C20H28N4O2S/c1-5-16-9-11-17(12-10-16)15-24(4)20(21-2)23-14-18-7-6-8-19(13-18)27(25,26)22-3/h6-13,22H,5,14-15H2,1-4H3,(H,21,23). The average molecular weight is 389 g/mol. The van der Waals surface area contributed by atoms with Crippen LogP contribution in [0.5, 0.6) is 0 Å². The zero-order chi connectivity index (χ0) is 19.9. The number of nitrogens with one attached hydrogen (secondary N) is 2. The van der Waals surface area contributed by atoms with Crippen molar-refractivity contribution in [3.8, 4) is 0 Å². The van der Waals surface area contributed by atoms with E-state index in [1.165, 1.54) is 18.2 Å². The molecule has 0 aliphatic heterocycles. The number of aliphatic imine (C=N–C) groups is 1. The minimum Gasteiger partial charge on any atom is -0.352 e. The first-order chi connectivity index (χ1) is 12.9. The summed E-state index contributed by atoms with van der Waals surface area (Å²) in [7, 11) is 1.67. The molecule has 0 amide bonds. The third-order valence-corrected chi connectivity index (χ3v) is 5.76. The van der Waals surface area contributed by atoms with Crippen LogP contribution in [0.1, 0.15) is 23.6 Å². The minimum absolute atomic E-state index is 0.253. The fraction of sp³-hybridized carbons (Fsp3) is 0.350. The van der Waals surface area contributed by atoms with Crippen molar-refractivity contribution in [3.05, 3.63) is 65.2 Å². The quantitative estimate of drug-likeness (QED) is 0.564. The van der Waals surface area contributed by atoms with Gasteiger partial charge in [-0.25, -0.2) is 13.1 Å². The SMILES string of the molecule is CCc1ccc(CN(C)C(=NC)NCc2cccc(S(=O)(=O)NC)c2)cc1. The second-order valence-corrected chi connectivity index (χ2v) is 8.17. The summed E-state index contributed by atoms with van der Waals surface area (Å²) in [5.74, 6) is 0.747. The molecule has 0 atom stereocenters. The zero-order valence-corrected chi connectivity index (χ0v) is 17.2. The monoisotopic (exact) mass is 388 g/mol. The first kappa shape index (κ1) is 20.9. The average Bonchev–Trinajstić information content (AvgIpc) is 2.69. The predicted molar refractivity (Wildman–Crippen MR) is 110 cm³/mol. The molecule has 146 valence electrons. The van der Waals surface area contributed by atoms with Crippen molar-refractivity contribution in [1.82, 2.24) is 14.9 Å². The fourth-order valence-electron chi connectivity index (χ4n) is 2.74. The van der Waals surface area contributed by atoms with E-state index >= 15 is 0 Å². The maximum atomic E-state index is 11.9. The van der Waals surface area contributed by atoms with Gasteiger partial charge in [0.2, 0.25) is 10.0 Å². The number of nitrogens with zero attached hydrogens (tertiary/aromatic N) is 2. The van der Waals surface area contributed by atoms with Crippen LogP contribution in [0.4, 0.5) is 0 Å². The van der Waals surface area contributed by atoms with E-state index in [0.29, 0.717) is 6.54 Å². The number of aryl methyl sites for hydroxylation is 1. The van der Waals surface area contributed by atoms with Gasteiger partial charge in [0.1, 0.15) is 0 Å². The van der Waals surface area contributed by atoms with Gasteiger partial charge in [0, 0.05) is 27.2 Å². The predicted octanol–water partition coefficient (Wildman–Crippen LogP) is 2.36. The van der Waals surface area contributed by atoms with E-state index in [1.54, 1.807) is 25.2 Å². The van der Waals surface area contributed by atoms with Gasteiger partial charge in [-0.05, 0) is 42.3 Å². The molecule has 6 nitrogen and oxygen atoms in total. The van der Waals surface area contributed by atoms with Gasteiger partial charge in [-0.3, -0.25) is 4.99 Å². The van der Waals surface area contributed by atoms with E-state index in [0.717, 1.165) is 24.5 Å². The molecular weight excluding hydrogens is 360 g/mol. The third kappa shape index (κ3) is 5.80. The summed E-state index contributed by atoms with van der Waals surface area (Å²) >= 11 is 0. The molecule has 0 bridgehead atoms. The van der Waals surface area contributed by atoms with E-state index in [-0.39, 0.29) is 4.90 Å². The molecule has 0 radical (unpaired) electrons. The molecule has 2 N–H and O–H groups in total. The van der Waals surface area contributed by atoms with Gasteiger partial charge in [-0.15, -0.1) is 0 Å². The number of guanidine groups is 1. The molecule has 2 rings (SSSR count). The smallest absolute Gasteiger partial charge is 0.240 e. The van der Waals surface area contributed by atoms with E-state index in [1.807, 2.05) is 18.0 Å². The normalized spacial score (nSPS) is 12.1. The number of sulfonamides is 1. The number of hydrogen-bond acceptors (Lipinski definition) is 3. The molecule has 7 heteroatoms. The lowest BCUT2D eigenvalue weighted by atomic mass is 10.1. The Balaban J connectivity index is 2.01. The summed E-state index contributed by atoms with van der Waals surface area (Å²) in [5, 5.41) is 3.29. The zero-order valence-electron chi connectivity index (χ0n) is 16.4. The van der Waals surface area contributed by atoms with Gasteiger partial charge in [-0.2, -0.15) is 0 Å². The first-order valence-corrected chi connectivity index (χ1v) is 10.4. The lowest BCUT2D eigenvalue weighted by Gasteiger charge is -2.22. The highest BCUT2D eigenvalue weighted by Gasteiger charge is 2.12. The Morgan fingerprint density at radius 1 is 1.07 bits per heavy atom. The molecule has 0 fully saturated rings. The van der Waals surface area contributed by atoms with Crippen molar-refractivity contribution in [2.24, 2.45) is 4.99 Å². The molecule has 0 spiro atoms. The minimum atomic E-state index is -3.45. The summed E-state index contributed by atoms with van der Waals surface area (Å²) in [6.45, 7) is 3.36. The molecular formula is C20H28N4O2S. The lowest BCUT2D eigenvalue weighted by molar-refractivity contribution is 0.476. The van der Waals surface area contributed by atoms with Crippen molar-refractivity contribution < 1.29 is 8.42 Å². The van der Waals surface area contributed by atoms with Crippen molar-refractivity contribution >= 4 is 16.0 Å². The fourth-order valence-corrected chi connectivity index (χ4v) is 3.54. The Hall–Kier alpha value is -2.38. The van der Waals surface area contributed by atoms with Gasteiger partial charge >= 0.3 is 0 Å². The topological polar surface area (TPSA) is 73.8 Å². The van der Waals surface area contributed by atoms with Gasteiger partial charge in [0.15, 0.2) is 5.96 Å². The van der Waals surface area contributed by atoms with E-state index in [9.17, 15) is 8.42 Å². The van der Waals surface area contributed by atoms with E-state index in [4.69, 9.17) is 0 Å². The summed E-state index contributed by atoms with van der Waals surface area (Å²) < 4.78 is 26.2. The van der Waals surface area contributed by atoms with Gasteiger partial charge < -0.3 is 10.2 Å². The van der Waals surface area contributed by atoms with E-state index < -0.39 is 10.0 Å². The number of hydrogen-bond donors (Lipinski definition) is 2. The van der Waals surface area contributed by atoms with Crippen LogP contribution in [0.3, 0.4) is 0 Å². The highest BCUT2D eigenvalue weighted by Crippen LogP contribution is 2.11. The summed E-state index contributed by atoms with van der Waals surface area (Å²) in [6.07, 6.45) is 1.03. The molecule has 2 aromatic rings. The van der Waals surface area contributed by atoms with Crippen LogP contribution in [0.15, 0.2) is 58.4 Å². The van der Waals surface area contributed by atoms with Crippen LogP contribution < -0.4 is 10.0 Å². The Morgan fingerprint density at radius 3 is 2.33 bits per heavy atom. The summed E-state index contributed by atoms with van der Waals surface area (Å²) in [6, 6.07) is 15.4. The molecule has 0 aromatic heterocycles. The maximum Gasteiger partial charge on any atom is 0.240 e. The van der Waals surface area contributed by atoms with Crippen LogP contribution in [0.2, 0.25) is 0 Å². The van der Waals surface area contributed by atoms with Crippen molar-refractivity contribution in [1.29, 1.82) is 0 Å². The van der Waals surface area contributed by atoms with Crippen molar-refractivity contribution in [3.63, 3.8) is 0 Å².